The van der Waals surface area contributed by atoms with Gasteiger partial charge in [0.1, 0.15) is 24.4 Å². The van der Waals surface area contributed by atoms with Crippen LogP contribution in [0.2, 0.25) is 0 Å². The van der Waals surface area contributed by atoms with Crippen LogP contribution in [0, 0.1) is 0 Å². The van der Waals surface area contributed by atoms with Crippen LogP contribution in [0.25, 0.3) is 0 Å². The molecule has 9 nitrogen and oxygen atoms in total. The van der Waals surface area contributed by atoms with Gasteiger partial charge in [-0.2, -0.15) is 8.42 Å². The fourth-order valence-electron chi connectivity index (χ4n) is 1.29. The fraction of sp³-hybridized carbons (Fsp3) is 0.889. The molecule has 0 aliphatic carbocycles. The molecular weight excluding hydrogens is 284 g/mol. The highest BCUT2D eigenvalue weighted by Gasteiger charge is 2.33. The summed E-state index contributed by atoms with van der Waals surface area (Å²) in [5.41, 5.74) is 0. The molecule has 4 atom stereocenters. The van der Waals surface area contributed by atoms with E-state index in [4.69, 9.17) is 14.8 Å². The summed E-state index contributed by atoms with van der Waals surface area (Å²) >= 11 is 0. The Balaban J connectivity index is 4.32. The molecule has 0 aliphatic heterocycles. The Kier molecular flexibility index (Phi) is 7.59. The van der Waals surface area contributed by atoms with Crippen LogP contribution in [0.3, 0.4) is 0 Å². The zero-order chi connectivity index (χ0) is 15.2. The average Bonchev–Trinajstić information content (AvgIpc) is 2.33. The molecule has 0 bridgehead atoms. The molecular formula is C9H18O9S. The van der Waals surface area contributed by atoms with Gasteiger partial charge < -0.3 is 25.5 Å². The van der Waals surface area contributed by atoms with Crippen molar-refractivity contribution >= 4 is 15.9 Å². The SMILES string of the molecule is O=C(CCCS(=O)(=O)O)C(O)C(O)C(O)C(O)CO. The minimum Gasteiger partial charge on any atom is -0.394 e. The van der Waals surface area contributed by atoms with Gasteiger partial charge in [0.15, 0.2) is 5.78 Å². The Bertz CT molecular complexity index is 379. The highest BCUT2D eigenvalue weighted by Crippen LogP contribution is 2.09. The van der Waals surface area contributed by atoms with Crippen molar-refractivity contribution in [3.63, 3.8) is 0 Å². The predicted octanol–water partition coefficient (Wildman–Crippen LogP) is -3.34. The Morgan fingerprint density at radius 1 is 1.05 bits per heavy atom. The molecule has 0 amide bonds. The number of carbonyl (C=O) groups is 1. The number of rotatable bonds is 9. The van der Waals surface area contributed by atoms with E-state index in [2.05, 4.69) is 0 Å². The predicted molar refractivity (Wildman–Crippen MR) is 61.8 cm³/mol. The fourth-order valence-corrected chi connectivity index (χ4v) is 1.80. The summed E-state index contributed by atoms with van der Waals surface area (Å²) in [4.78, 5) is 11.3. The standard InChI is InChI=1S/C9H18O9S/c10-4-6(12)8(14)9(15)7(13)5(11)2-1-3-19(16,17)18/h6-10,12-15H,1-4H2,(H,16,17,18). The molecule has 0 aromatic heterocycles. The molecule has 0 fully saturated rings. The first-order valence-corrected chi connectivity index (χ1v) is 7.02. The molecule has 19 heavy (non-hydrogen) atoms. The number of hydrogen-bond donors (Lipinski definition) is 6. The minimum atomic E-state index is -4.22. The zero-order valence-electron chi connectivity index (χ0n) is 9.95. The van der Waals surface area contributed by atoms with Crippen LogP contribution in [0.4, 0.5) is 0 Å². The van der Waals surface area contributed by atoms with Crippen LogP contribution in [0.15, 0.2) is 0 Å². The molecule has 0 radical (unpaired) electrons. The van der Waals surface area contributed by atoms with Crippen LogP contribution in [-0.4, -0.2) is 81.1 Å². The monoisotopic (exact) mass is 302 g/mol. The van der Waals surface area contributed by atoms with E-state index in [1.165, 1.54) is 0 Å². The molecule has 4 unspecified atom stereocenters. The first-order chi connectivity index (χ1) is 8.60. The third-order valence-electron chi connectivity index (χ3n) is 2.41. The van der Waals surface area contributed by atoms with Crippen molar-refractivity contribution in [3.8, 4) is 0 Å². The van der Waals surface area contributed by atoms with Crippen molar-refractivity contribution in [3.05, 3.63) is 0 Å². The average molecular weight is 302 g/mol. The van der Waals surface area contributed by atoms with Crippen molar-refractivity contribution in [1.82, 2.24) is 0 Å². The van der Waals surface area contributed by atoms with E-state index >= 15 is 0 Å². The summed E-state index contributed by atoms with van der Waals surface area (Å²) in [5.74, 6) is -1.64. The van der Waals surface area contributed by atoms with Gasteiger partial charge in [0.2, 0.25) is 0 Å². The maximum atomic E-state index is 11.3. The largest absolute Gasteiger partial charge is 0.394 e. The topological polar surface area (TPSA) is 173 Å². The van der Waals surface area contributed by atoms with Gasteiger partial charge in [-0.1, -0.05) is 0 Å². The van der Waals surface area contributed by atoms with Gasteiger partial charge in [0, 0.05) is 6.42 Å². The quantitative estimate of drug-likeness (QED) is 0.238. The van der Waals surface area contributed by atoms with Gasteiger partial charge in [-0.15, -0.1) is 0 Å². The maximum Gasteiger partial charge on any atom is 0.264 e. The number of ketones is 1. The van der Waals surface area contributed by atoms with Crippen LogP contribution >= 0.6 is 0 Å². The van der Waals surface area contributed by atoms with Gasteiger partial charge in [0.25, 0.3) is 10.1 Å². The summed E-state index contributed by atoms with van der Waals surface area (Å²) in [6.07, 6.45) is -8.40. The first-order valence-electron chi connectivity index (χ1n) is 5.41. The van der Waals surface area contributed by atoms with Crippen LogP contribution in [0.1, 0.15) is 12.8 Å². The normalized spacial score (nSPS) is 18.6. The molecule has 0 heterocycles. The third kappa shape index (κ3) is 6.92. The van der Waals surface area contributed by atoms with Gasteiger partial charge in [0.05, 0.1) is 12.4 Å². The molecule has 0 saturated heterocycles. The van der Waals surface area contributed by atoms with Crippen molar-refractivity contribution < 1.29 is 43.3 Å². The lowest BCUT2D eigenvalue weighted by molar-refractivity contribution is -0.147. The number of aliphatic hydroxyl groups excluding tert-OH is 5. The number of hydrogen-bond acceptors (Lipinski definition) is 8. The lowest BCUT2D eigenvalue weighted by atomic mass is 9.98. The molecule has 10 heteroatoms. The Labute approximate surface area is 109 Å². The van der Waals surface area contributed by atoms with E-state index in [1.807, 2.05) is 0 Å². The number of aliphatic hydroxyl groups is 5. The summed E-state index contributed by atoms with van der Waals surface area (Å²) in [5, 5.41) is 45.5. The minimum absolute atomic E-state index is 0.264. The summed E-state index contributed by atoms with van der Waals surface area (Å²) in [6, 6.07) is 0. The van der Waals surface area contributed by atoms with Crippen molar-refractivity contribution in [2.24, 2.45) is 0 Å². The smallest absolute Gasteiger partial charge is 0.264 e. The van der Waals surface area contributed by atoms with Crippen LogP contribution in [0.5, 0.6) is 0 Å². The molecule has 0 aliphatic rings. The van der Waals surface area contributed by atoms with Crippen LogP contribution < -0.4 is 0 Å². The van der Waals surface area contributed by atoms with E-state index in [-0.39, 0.29) is 6.42 Å². The molecule has 0 rings (SSSR count). The van der Waals surface area contributed by atoms with E-state index < -0.39 is 59.1 Å². The second-order valence-corrected chi connectivity index (χ2v) is 5.60. The molecule has 0 aromatic rings. The zero-order valence-corrected chi connectivity index (χ0v) is 10.8. The summed E-state index contributed by atoms with van der Waals surface area (Å²) in [6.45, 7) is -0.873. The molecule has 0 spiro atoms. The summed E-state index contributed by atoms with van der Waals surface area (Å²) in [7, 11) is -4.22. The number of Topliss-reactive ketones (excluding diaryl/α,β-unsaturated/α-hetero) is 1. The van der Waals surface area contributed by atoms with E-state index in [9.17, 15) is 28.5 Å². The second kappa shape index (κ2) is 7.85. The Hall–Kier alpha value is -0.620. The summed E-state index contributed by atoms with van der Waals surface area (Å²) < 4.78 is 29.2. The highest BCUT2D eigenvalue weighted by atomic mass is 32.2. The van der Waals surface area contributed by atoms with E-state index in [1.54, 1.807) is 0 Å². The maximum absolute atomic E-state index is 11.3. The van der Waals surface area contributed by atoms with Crippen molar-refractivity contribution in [1.29, 1.82) is 0 Å². The van der Waals surface area contributed by atoms with Crippen molar-refractivity contribution in [2.75, 3.05) is 12.4 Å². The molecule has 114 valence electrons. The lowest BCUT2D eigenvalue weighted by Crippen LogP contribution is -2.48. The second-order valence-electron chi connectivity index (χ2n) is 4.03. The van der Waals surface area contributed by atoms with E-state index in [0.717, 1.165) is 0 Å². The third-order valence-corrected chi connectivity index (χ3v) is 3.21. The van der Waals surface area contributed by atoms with Crippen molar-refractivity contribution in [2.45, 2.75) is 37.3 Å². The lowest BCUT2D eigenvalue weighted by Gasteiger charge is -2.24. The first kappa shape index (κ1) is 18.4. The Morgan fingerprint density at radius 2 is 1.58 bits per heavy atom. The Morgan fingerprint density at radius 3 is 2.00 bits per heavy atom. The van der Waals surface area contributed by atoms with Crippen LogP contribution in [-0.2, 0) is 14.9 Å². The van der Waals surface area contributed by atoms with Gasteiger partial charge >= 0.3 is 0 Å². The van der Waals surface area contributed by atoms with Gasteiger partial charge in [-0.25, -0.2) is 0 Å². The van der Waals surface area contributed by atoms with Gasteiger partial charge in [-0.05, 0) is 6.42 Å². The molecule has 0 aromatic carbocycles. The number of carbonyl (C=O) groups excluding carboxylic acids is 1. The van der Waals surface area contributed by atoms with Gasteiger partial charge in [-0.3, -0.25) is 9.35 Å². The molecule has 0 saturated carbocycles. The molecule has 6 N–H and O–H groups in total. The van der Waals surface area contributed by atoms with E-state index in [0.29, 0.717) is 0 Å². The highest BCUT2D eigenvalue weighted by molar-refractivity contribution is 7.85.